The van der Waals surface area contributed by atoms with Crippen LogP contribution in [0, 0.1) is 10.1 Å². The Morgan fingerprint density at radius 2 is 2.38 bits per heavy atom. The normalized spacial score (nSPS) is 10.1. The number of ether oxygens (including phenoxy) is 1. The molecule has 0 aromatic carbocycles. The molecule has 0 saturated carbocycles. The first-order valence-electron chi connectivity index (χ1n) is 4.63. The van der Waals surface area contributed by atoms with E-state index in [1.54, 1.807) is 0 Å². The van der Waals surface area contributed by atoms with Crippen LogP contribution in [0.2, 0.25) is 5.15 Å². The molecule has 0 aliphatic heterocycles. The minimum absolute atomic E-state index is 0.102. The summed E-state index contributed by atoms with van der Waals surface area (Å²) in [5.41, 5.74) is -0.319. The summed E-state index contributed by atoms with van der Waals surface area (Å²) in [5, 5.41) is 13.3. The lowest BCUT2D eigenvalue weighted by atomic mass is 10.4. The lowest BCUT2D eigenvalue weighted by Crippen LogP contribution is -2.12. The zero-order valence-corrected chi connectivity index (χ0v) is 9.40. The predicted octanol–water partition coefficient (Wildman–Crippen LogP) is 1.49. The number of anilines is 1. The topological polar surface area (TPSA) is 90.2 Å². The fourth-order valence-corrected chi connectivity index (χ4v) is 1.24. The second kappa shape index (κ2) is 6.19. The molecule has 0 radical (unpaired) electrons. The van der Waals surface area contributed by atoms with Crippen LogP contribution in [0.15, 0.2) is 6.33 Å². The number of nitrogens with zero attached hydrogens (tertiary/aromatic N) is 3. The van der Waals surface area contributed by atoms with E-state index < -0.39 is 4.92 Å². The van der Waals surface area contributed by atoms with Gasteiger partial charge >= 0.3 is 5.69 Å². The molecule has 88 valence electrons. The van der Waals surface area contributed by atoms with Crippen LogP contribution in [0.3, 0.4) is 0 Å². The Morgan fingerprint density at radius 3 is 3.00 bits per heavy atom. The van der Waals surface area contributed by atoms with Crippen LogP contribution >= 0.6 is 11.6 Å². The van der Waals surface area contributed by atoms with Gasteiger partial charge in [-0.15, -0.1) is 0 Å². The van der Waals surface area contributed by atoms with Gasteiger partial charge in [-0.1, -0.05) is 11.6 Å². The van der Waals surface area contributed by atoms with Gasteiger partial charge in [-0.2, -0.15) is 0 Å². The largest absolute Gasteiger partial charge is 0.380 e. The molecule has 0 aliphatic carbocycles. The van der Waals surface area contributed by atoms with E-state index in [0.717, 1.165) is 0 Å². The summed E-state index contributed by atoms with van der Waals surface area (Å²) in [5.74, 6) is 0.102. The lowest BCUT2D eigenvalue weighted by molar-refractivity contribution is -0.384. The minimum Gasteiger partial charge on any atom is -0.380 e. The SMILES string of the molecule is CCOCCNc1ncnc(Cl)c1[N+](=O)[O-]. The lowest BCUT2D eigenvalue weighted by Gasteiger charge is -2.05. The van der Waals surface area contributed by atoms with Crippen LogP contribution in [0.1, 0.15) is 6.92 Å². The van der Waals surface area contributed by atoms with Crippen molar-refractivity contribution in [1.29, 1.82) is 0 Å². The third-order valence-corrected chi connectivity index (χ3v) is 1.98. The highest BCUT2D eigenvalue weighted by atomic mass is 35.5. The molecule has 1 rings (SSSR count). The molecule has 0 fully saturated rings. The Labute approximate surface area is 97.0 Å². The number of nitrogens with one attached hydrogen (secondary N) is 1. The van der Waals surface area contributed by atoms with Gasteiger partial charge < -0.3 is 10.1 Å². The van der Waals surface area contributed by atoms with Crippen LogP contribution in [-0.4, -0.2) is 34.6 Å². The number of rotatable bonds is 6. The number of aromatic nitrogens is 2. The Morgan fingerprint density at radius 1 is 1.62 bits per heavy atom. The molecule has 0 atom stereocenters. The Bertz CT molecular complexity index is 374. The van der Waals surface area contributed by atoms with Crippen LogP contribution in [0.25, 0.3) is 0 Å². The van der Waals surface area contributed by atoms with Crippen molar-refractivity contribution in [2.45, 2.75) is 6.92 Å². The second-order valence-electron chi connectivity index (χ2n) is 2.74. The molecule has 1 heterocycles. The van der Waals surface area contributed by atoms with Crippen LogP contribution in [-0.2, 0) is 4.74 Å². The summed E-state index contributed by atoms with van der Waals surface area (Å²) in [7, 11) is 0. The maximum absolute atomic E-state index is 10.7. The molecule has 0 bridgehead atoms. The predicted molar refractivity (Wildman–Crippen MR) is 58.7 cm³/mol. The van der Waals surface area contributed by atoms with Crippen LogP contribution in [0.4, 0.5) is 11.5 Å². The average Bonchev–Trinajstić information content (AvgIpc) is 2.24. The van der Waals surface area contributed by atoms with Gasteiger partial charge in [0.1, 0.15) is 6.33 Å². The molecule has 8 heteroatoms. The van der Waals surface area contributed by atoms with E-state index in [0.29, 0.717) is 19.8 Å². The van der Waals surface area contributed by atoms with Crippen molar-refractivity contribution in [1.82, 2.24) is 9.97 Å². The van der Waals surface area contributed by atoms with E-state index in [2.05, 4.69) is 15.3 Å². The summed E-state index contributed by atoms with van der Waals surface area (Å²) in [6.07, 6.45) is 1.17. The molecule has 0 amide bonds. The van der Waals surface area contributed by atoms with Gasteiger partial charge in [-0.05, 0) is 6.92 Å². The van der Waals surface area contributed by atoms with Crippen molar-refractivity contribution >= 4 is 23.1 Å². The third kappa shape index (κ3) is 3.28. The van der Waals surface area contributed by atoms with Crippen molar-refractivity contribution in [3.63, 3.8) is 0 Å². The zero-order valence-electron chi connectivity index (χ0n) is 8.64. The minimum atomic E-state index is -0.620. The van der Waals surface area contributed by atoms with Crippen LogP contribution < -0.4 is 5.32 Å². The number of halogens is 1. The Kier molecular flexibility index (Phi) is 4.87. The molecule has 16 heavy (non-hydrogen) atoms. The molecule has 1 aromatic rings. The maximum atomic E-state index is 10.7. The standard InChI is InChI=1S/C8H11ClN4O3/c1-2-16-4-3-10-8-6(13(14)15)7(9)11-5-12-8/h5H,2-4H2,1H3,(H,10,11,12). The zero-order chi connectivity index (χ0) is 12.0. The summed E-state index contributed by atoms with van der Waals surface area (Å²) in [4.78, 5) is 17.4. The van der Waals surface area contributed by atoms with E-state index in [1.165, 1.54) is 6.33 Å². The molecule has 7 nitrogen and oxygen atoms in total. The van der Waals surface area contributed by atoms with Gasteiger partial charge in [0.05, 0.1) is 11.5 Å². The molecular formula is C8H11ClN4O3. The first-order chi connectivity index (χ1) is 7.66. The highest BCUT2D eigenvalue weighted by Gasteiger charge is 2.20. The highest BCUT2D eigenvalue weighted by Crippen LogP contribution is 2.27. The average molecular weight is 247 g/mol. The highest BCUT2D eigenvalue weighted by molar-refractivity contribution is 6.31. The van der Waals surface area contributed by atoms with E-state index in [1.807, 2.05) is 6.92 Å². The molecule has 1 aromatic heterocycles. The van der Waals surface area contributed by atoms with Gasteiger partial charge in [-0.3, -0.25) is 10.1 Å². The quantitative estimate of drug-likeness (QED) is 0.354. The van der Waals surface area contributed by atoms with Gasteiger partial charge in [0.2, 0.25) is 11.0 Å². The van der Waals surface area contributed by atoms with Crippen molar-refractivity contribution in [3.05, 3.63) is 21.6 Å². The fourth-order valence-electron chi connectivity index (χ4n) is 1.03. The summed E-state index contributed by atoms with van der Waals surface area (Å²) in [6.45, 7) is 3.32. The maximum Gasteiger partial charge on any atom is 0.348 e. The van der Waals surface area contributed by atoms with E-state index >= 15 is 0 Å². The summed E-state index contributed by atoms with van der Waals surface area (Å²) >= 11 is 5.60. The van der Waals surface area contributed by atoms with Gasteiger partial charge in [0, 0.05) is 13.2 Å². The molecule has 0 saturated heterocycles. The third-order valence-electron chi connectivity index (χ3n) is 1.70. The van der Waals surface area contributed by atoms with Crippen molar-refractivity contribution in [3.8, 4) is 0 Å². The van der Waals surface area contributed by atoms with Gasteiger partial charge in [-0.25, -0.2) is 9.97 Å². The molecule has 1 N–H and O–H groups in total. The first kappa shape index (κ1) is 12.6. The smallest absolute Gasteiger partial charge is 0.348 e. The van der Waals surface area contributed by atoms with E-state index in [4.69, 9.17) is 16.3 Å². The second-order valence-corrected chi connectivity index (χ2v) is 3.10. The first-order valence-corrected chi connectivity index (χ1v) is 5.01. The Balaban J connectivity index is 2.71. The molecule has 0 spiro atoms. The van der Waals surface area contributed by atoms with Gasteiger partial charge in [0.15, 0.2) is 0 Å². The molecular weight excluding hydrogens is 236 g/mol. The molecule has 0 aliphatic rings. The van der Waals surface area contributed by atoms with Crippen molar-refractivity contribution in [2.75, 3.05) is 25.1 Å². The number of hydrogen-bond donors (Lipinski definition) is 1. The van der Waals surface area contributed by atoms with E-state index in [-0.39, 0.29) is 16.7 Å². The Hall–Kier alpha value is -1.47. The molecule has 0 unspecified atom stereocenters. The summed E-state index contributed by atoms with van der Waals surface area (Å²) in [6, 6.07) is 0. The number of hydrogen-bond acceptors (Lipinski definition) is 6. The van der Waals surface area contributed by atoms with Crippen molar-refractivity contribution in [2.24, 2.45) is 0 Å². The van der Waals surface area contributed by atoms with Gasteiger partial charge in [0.25, 0.3) is 0 Å². The monoisotopic (exact) mass is 246 g/mol. The number of nitro groups is 1. The summed E-state index contributed by atoms with van der Waals surface area (Å²) < 4.78 is 5.08. The fraction of sp³-hybridized carbons (Fsp3) is 0.500. The van der Waals surface area contributed by atoms with Crippen molar-refractivity contribution < 1.29 is 9.66 Å². The van der Waals surface area contributed by atoms with Crippen LogP contribution in [0.5, 0.6) is 0 Å². The van der Waals surface area contributed by atoms with E-state index in [9.17, 15) is 10.1 Å².